The molecule has 0 aliphatic heterocycles. The molecule has 106 valence electrons. The van der Waals surface area contributed by atoms with Crippen LogP contribution >= 0.6 is 12.2 Å². The molecule has 1 nitrogen and oxygen atoms in total. The SMILES string of the molecule is CN(C)C(=S)C[C@@H](C#Cc1ccccc1)c1ccccc1. The van der Waals surface area contributed by atoms with Gasteiger partial charge >= 0.3 is 0 Å². The maximum absolute atomic E-state index is 5.44. The predicted octanol–water partition coefficient (Wildman–Crippen LogP) is 4.10. The van der Waals surface area contributed by atoms with Crippen LogP contribution in [0.5, 0.6) is 0 Å². The summed E-state index contributed by atoms with van der Waals surface area (Å²) in [4.78, 5) is 2.90. The summed E-state index contributed by atoms with van der Waals surface area (Å²) < 4.78 is 0. The third-order valence-corrected chi connectivity index (χ3v) is 3.78. The van der Waals surface area contributed by atoms with Gasteiger partial charge in [-0.25, -0.2) is 0 Å². The summed E-state index contributed by atoms with van der Waals surface area (Å²) in [6.07, 6.45) is 0.770. The minimum absolute atomic E-state index is 0.126. The van der Waals surface area contributed by atoms with Gasteiger partial charge in [-0.15, -0.1) is 0 Å². The summed E-state index contributed by atoms with van der Waals surface area (Å²) in [5.41, 5.74) is 2.25. The van der Waals surface area contributed by atoms with Crippen LogP contribution in [0.3, 0.4) is 0 Å². The van der Waals surface area contributed by atoms with E-state index in [0.717, 1.165) is 17.0 Å². The maximum atomic E-state index is 5.44. The Morgan fingerprint density at radius 1 is 1.00 bits per heavy atom. The molecule has 0 bridgehead atoms. The Balaban J connectivity index is 2.25. The maximum Gasteiger partial charge on any atom is 0.0789 e. The summed E-state index contributed by atoms with van der Waals surface area (Å²) in [5.74, 6) is 6.76. The van der Waals surface area contributed by atoms with Crippen LogP contribution in [0.4, 0.5) is 0 Å². The lowest BCUT2D eigenvalue weighted by Crippen LogP contribution is -2.21. The van der Waals surface area contributed by atoms with E-state index in [-0.39, 0.29) is 5.92 Å². The van der Waals surface area contributed by atoms with Gasteiger partial charge in [-0.1, -0.05) is 72.6 Å². The van der Waals surface area contributed by atoms with Crippen LogP contribution in [0, 0.1) is 11.8 Å². The zero-order valence-electron chi connectivity index (χ0n) is 12.4. The summed E-state index contributed by atoms with van der Waals surface area (Å²) in [7, 11) is 3.96. The highest BCUT2D eigenvalue weighted by Gasteiger charge is 2.12. The molecule has 0 saturated carbocycles. The number of hydrogen-bond donors (Lipinski definition) is 0. The highest BCUT2D eigenvalue weighted by molar-refractivity contribution is 7.80. The Morgan fingerprint density at radius 3 is 2.14 bits per heavy atom. The van der Waals surface area contributed by atoms with Gasteiger partial charge in [-0.3, -0.25) is 0 Å². The minimum atomic E-state index is 0.126. The first-order valence-electron chi connectivity index (χ1n) is 6.98. The van der Waals surface area contributed by atoms with Gasteiger partial charge in [0.05, 0.1) is 10.9 Å². The fraction of sp³-hybridized carbons (Fsp3) is 0.211. The number of rotatable bonds is 3. The molecule has 21 heavy (non-hydrogen) atoms. The second-order valence-electron chi connectivity index (χ2n) is 5.09. The standard InChI is InChI=1S/C19H19NS/c1-20(2)19(21)15-18(17-11-7-4-8-12-17)14-13-16-9-5-3-6-10-16/h3-12,18H,15H2,1-2H3/t18-/m1/s1. The Kier molecular flexibility index (Phi) is 5.54. The van der Waals surface area contributed by atoms with Crippen LogP contribution in [0.15, 0.2) is 60.7 Å². The van der Waals surface area contributed by atoms with Gasteiger partial charge in [-0.05, 0) is 17.7 Å². The van der Waals surface area contributed by atoms with Crippen LogP contribution in [0.2, 0.25) is 0 Å². The molecule has 2 heteroatoms. The molecule has 0 saturated heterocycles. The van der Waals surface area contributed by atoms with E-state index in [1.807, 2.05) is 67.5 Å². The quantitative estimate of drug-likeness (QED) is 0.619. The topological polar surface area (TPSA) is 3.24 Å². The van der Waals surface area contributed by atoms with Crippen LogP contribution < -0.4 is 0 Å². The molecule has 0 N–H and O–H groups in total. The average Bonchev–Trinajstić information content (AvgIpc) is 2.53. The molecular weight excluding hydrogens is 274 g/mol. The zero-order chi connectivity index (χ0) is 15.1. The van der Waals surface area contributed by atoms with E-state index in [9.17, 15) is 0 Å². The molecule has 2 rings (SSSR count). The Labute approximate surface area is 132 Å². The molecule has 0 spiro atoms. The van der Waals surface area contributed by atoms with Crippen LogP contribution in [0.1, 0.15) is 23.5 Å². The fourth-order valence-electron chi connectivity index (χ4n) is 1.99. The summed E-state index contributed by atoms with van der Waals surface area (Å²) in [6.45, 7) is 0. The monoisotopic (exact) mass is 293 g/mol. The molecule has 0 heterocycles. The Morgan fingerprint density at radius 2 is 1.57 bits per heavy atom. The van der Waals surface area contributed by atoms with Crippen molar-refractivity contribution < 1.29 is 0 Å². The Bertz CT molecular complexity index is 636. The third kappa shape index (κ3) is 4.73. The van der Waals surface area contributed by atoms with E-state index >= 15 is 0 Å². The lowest BCUT2D eigenvalue weighted by molar-refractivity contribution is 0.612. The first-order valence-corrected chi connectivity index (χ1v) is 7.39. The molecule has 0 aromatic heterocycles. The number of nitrogens with zero attached hydrogens (tertiary/aromatic N) is 1. The van der Waals surface area contributed by atoms with Crippen LogP contribution in [-0.4, -0.2) is 24.0 Å². The molecule has 0 aliphatic carbocycles. The lowest BCUT2D eigenvalue weighted by atomic mass is 9.95. The molecular formula is C19H19NS. The van der Waals surface area contributed by atoms with E-state index in [2.05, 4.69) is 24.0 Å². The second kappa shape index (κ2) is 7.61. The summed E-state index contributed by atoms with van der Waals surface area (Å²) in [5, 5.41) is 0. The molecule has 0 unspecified atom stereocenters. The van der Waals surface area contributed by atoms with Gasteiger partial charge in [0.25, 0.3) is 0 Å². The molecule has 0 aliphatic rings. The Hall–Kier alpha value is -2.11. The van der Waals surface area contributed by atoms with Gasteiger partial charge in [0, 0.05) is 26.1 Å². The highest BCUT2D eigenvalue weighted by atomic mass is 32.1. The van der Waals surface area contributed by atoms with E-state index in [4.69, 9.17) is 12.2 Å². The van der Waals surface area contributed by atoms with Crippen molar-refractivity contribution in [3.63, 3.8) is 0 Å². The molecule has 2 aromatic carbocycles. The van der Waals surface area contributed by atoms with Crippen LogP contribution in [-0.2, 0) is 0 Å². The predicted molar refractivity (Wildman–Crippen MR) is 93.4 cm³/mol. The zero-order valence-corrected chi connectivity index (χ0v) is 13.2. The highest BCUT2D eigenvalue weighted by Crippen LogP contribution is 2.20. The largest absolute Gasteiger partial charge is 0.372 e. The molecule has 1 atom stereocenters. The van der Waals surface area contributed by atoms with E-state index in [0.29, 0.717) is 0 Å². The van der Waals surface area contributed by atoms with Crippen molar-refractivity contribution in [3.8, 4) is 11.8 Å². The van der Waals surface area contributed by atoms with Gasteiger partial charge in [0.15, 0.2) is 0 Å². The van der Waals surface area contributed by atoms with E-state index in [1.165, 1.54) is 5.56 Å². The lowest BCUT2D eigenvalue weighted by Gasteiger charge is -2.17. The smallest absolute Gasteiger partial charge is 0.0789 e. The second-order valence-corrected chi connectivity index (χ2v) is 5.56. The first kappa shape index (κ1) is 15.3. The van der Waals surface area contributed by atoms with Crippen molar-refractivity contribution in [2.45, 2.75) is 12.3 Å². The first-order chi connectivity index (χ1) is 10.2. The number of thiocarbonyl (C=S) groups is 1. The van der Waals surface area contributed by atoms with Crippen LogP contribution in [0.25, 0.3) is 0 Å². The minimum Gasteiger partial charge on any atom is -0.372 e. The third-order valence-electron chi connectivity index (χ3n) is 3.24. The average molecular weight is 293 g/mol. The molecule has 0 radical (unpaired) electrons. The van der Waals surface area contributed by atoms with Gasteiger partial charge in [0.2, 0.25) is 0 Å². The van der Waals surface area contributed by atoms with Crippen molar-refractivity contribution in [1.29, 1.82) is 0 Å². The van der Waals surface area contributed by atoms with Gasteiger partial charge in [-0.2, -0.15) is 0 Å². The van der Waals surface area contributed by atoms with Crippen molar-refractivity contribution in [1.82, 2.24) is 4.90 Å². The summed E-state index contributed by atoms with van der Waals surface area (Å²) >= 11 is 5.44. The van der Waals surface area contributed by atoms with Crippen molar-refractivity contribution in [2.75, 3.05) is 14.1 Å². The molecule has 0 amide bonds. The molecule has 0 fully saturated rings. The fourth-order valence-corrected chi connectivity index (χ4v) is 2.15. The van der Waals surface area contributed by atoms with Gasteiger partial charge < -0.3 is 4.90 Å². The number of hydrogen-bond acceptors (Lipinski definition) is 1. The van der Waals surface area contributed by atoms with Crippen molar-refractivity contribution in [3.05, 3.63) is 71.8 Å². The number of benzene rings is 2. The summed E-state index contributed by atoms with van der Waals surface area (Å²) in [6, 6.07) is 20.4. The molecule has 2 aromatic rings. The van der Waals surface area contributed by atoms with E-state index in [1.54, 1.807) is 0 Å². The van der Waals surface area contributed by atoms with Crippen molar-refractivity contribution >= 4 is 17.2 Å². The normalized spacial score (nSPS) is 11.1. The van der Waals surface area contributed by atoms with Crippen molar-refractivity contribution in [2.24, 2.45) is 0 Å². The van der Waals surface area contributed by atoms with E-state index < -0.39 is 0 Å². The van der Waals surface area contributed by atoms with Gasteiger partial charge in [0.1, 0.15) is 0 Å².